The van der Waals surface area contributed by atoms with Gasteiger partial charge < -0.3 is 15.0 Å². The monoisotopic (exact) mass is 386 g/mol. The van der Waals surface area contributed by atoms with Crippen molar-refractivity contribution in [1.82, 2.24) is 14.9 Å². The molecule has 0 unspecified atom stereocenters. The van der Waals surface area contributed by atoms with Crippen molar-refractivity contribution in [3.8, 4) is 5.75 Å². The number of hydrazone groups is 1. The van der Waals surface area contributed by atoms with Crippen LogP contribution in [0.1, 0.15) is 21.9 Å². The Morgan fingerprint density at radius 2 is 2.26 bits per heavy atom. The van der Waals surface area contributed by atoms with Crippen LogP contribution >= 0.6 is 11.8 Å². The number of aryl methyl sites for hydroxylation is 1. The number of anilines is 1. The number of aromatic nitrogens is 3. The van der Waals surface area contributed by atoms with Gasteiger partial charge in [0, 0.05) is 5.56 Å². The van der Waals surface area contributed by atoms with Crippen molar-refractivity contribution < 1.29 is 13.9 Å². The number of benzene rings is 1. The number of ether oxygens (including phenoxy) is 1. The fourth-order valence-electron chi connectivity index (χ4n) is 2.14. The molecule has 2 aromatic heterocycles. The maximum absolute atomic E-state index is 12.3. The van der Waals surface area contributed by atoms with Gasteiger partial charge in [-0.15, -0.1) is 10.2 Å². The van der Waals surface area contributed by atoms with Crippen LogP contribution in [0.5, 0.6) is 5.75 Å². The Balaban J connectivity index is 1.58. The van der Waals surface area contributed by atoms with Gasteiger partial charge in [0.2, 0.25) is 5.16 Å². The second kappa shape index (κ2) is 8.41. The maximum Gasteiger partial charge on any atom is 0.264 e. The number of thioether (sulfide) groups is 1. The molecule has 3 N–H and O–H groups in total. The van der Waals surface area contributed by atoms with Crippen molar-refractivity contribution in [2.75, 3.05) is 24.1 Å². The molecule has 0 bridgehead atoms. The molecule has 3 aromatic rings. The minimum absolute atomic E-state index is 0.0670. The van der Waals surface area contributed by atoms with Crippen molar-refractivity contribution >= 4 is 29.7 Å². The first-order chi connectivity index (χ1) is 13.1. The molecule has 0 aliphatic carbocycles. The largest absolute Gasteiger partial charge is 0.497 e. The number of nitrogens with one attached hydrogen (secondary N) is 1. The number of hydrogen-bond donors (Lipinski definition) is 2. The third-order valence-corrected chi connectivity index (χ3v) is 4.45. The molecule has 0 radical (unpaired) electrons. The number of nitrogen functional groups attached to an aromatic ring is 1. The van der Waals surface area contributed by atoms with Crippen LogP contribution in [0.15, 0.2) is 51.1 Å². The highest BCUT2D eigenvalue weighted by Crippen LogP contribution is 2.20. The standard InChI is InChI=1S/C17H18N6O3S/c1-11-6-7-14(26-11)9-19-20-16-21-22-17(23(16)18)27-10-15(24)12-4-3-5-13(8-12)25-2/h3-9H,10,18H2,1-2H3,(H,20,21)/b19-9+. The van der Waals surface area contributed by atoms with Crippen LogP contribution in [0.3, 0.4) is 0 Å². The van der Waals surface area contributed by atoms with Crippen molar-refractivity contribution in [2.24, 2.45) is 5.10 Å². The smallest absolute Gasteiger partial charge is 0.264 e. The van der Waals surface area contributed by atoms with E-state index in [1.165, 1.54) is 22.7 Å². The van der Waals surface area contributed by atoms with E-state index in [9.17, 15) is 4.79 Å². The third kappa shape index (κ3) is 4.67. The number of ketones is 1. The highest BCUT2D eigenvalue weighted by Gasteiger charge is 2.13. The van der Waals surface area contributed by atoms with Gasteiger partial charge in [0.15, 0.2) is 5.78 Å². The van der Waals surface area contributed by atoms with E-state index in [0.29, 0.717) is 22.2 Å². The molecular weight excluding hydrogens is 368 g/mol. The zero-order chi connectivity index (χ0) is 19.2. The van der Waals surface area contributed by atoms with E-state index in [2.05, 4.69) is 20.7 Å². The number of carbonyl (C=O) groups is 1. The number of hydrogen-bond acceptors (Lipinski definition) is 9. The molecule has 140 valence electrons. The second-order valence-electron chi connectivity index (χ2n) is 5.44. The van der Waals surface area contributed by atoms with Gasteiger partial charge in [0.05, 0.1) is 19.1 Å². The molecule has 0 atom stereocenters. The summed E-state index contributed by atoms with van der Waals surface area (Å²) < 4.78 is 11.7. The van der Waals surface area contributed by atoms with Gasteiger partial charge in [-0.3, -0.25) is 4.79 Å². The van der Waals surface area contributed by atoms with Crippen molar-refractivity contribution in [1.29, 1.82) is 0 Å². The van der Waals surface area contributed by atoms with Gasteiger partial charge in [0.25, 0.3) is 5.95 Å². The highest BCUT2D eigenvalue weighted by atomic mass is 32.2. The van der Waals surface area contributed by atoms with Crippen molar-refractivity contribution in [2.45, 2.75) is 12.1 Å². The Hall–Kier alpha value is -3.27. The molecule has 0 spiro atoms. The van der Waals surface area contributed by atoms with Crippen LogP contribution in [-0.2, 0) is 0 Å². The maximum atomic E-state index is 12.3. The van der Waals surface area contributed by atoms with Crippen LogP contribution in [0, 0.1) is 6.92 Å². The summed E-state index contributed by atoms with van der Waals surface area (Å²) in [5.74, 6) is 8.29. The summed E-state index contributed by atoms with van der Waals surface area (Å²) in [7, 11) is 1.55. The molecule has 10 heteroatoms. The van der Waals surface area contributed by atoms with Gasteiger partial charge >= 0.3 is 0 Å². The molecule has 3 rings (SSSR count). The Morgan fingerprint density at radius 1 is 1.41 bits per heavy atom. The average molecular weight is 386 g/mol. The number of carbonyl (C=O) groups excluding carboxylic acids is 1. The SMILES string of the molecule is COc1cccc(C(=O)CSc2nnc(N/N=C/c3ccc(C)o3)n2N)c1. The predicted molar refractivity (Wildman–Crippen MR) is 103 cm³/mol. The van der Waals surface area contributed by atoms with E-state index < -0.39 is 0 Å². The first-order valence-electron chi connectivity index (χ1n) is 7.93. The molecule has 0 amide bonds. The lowest BCUT2D eigenvalue weighted by molar-refractivity contribution is 0.102. The quantitative estimate of drug-likeness (QED) is 0.199. The first-order valence-corrected chi connectivity index (χ1v) is 8.91. The van der Waals surface area contributed by atoms with E-state index in [-0.39, 0.29) is 17.5 Å². The Bertz CT molecular complexity index is 965. The lowest BCUT2D eigenvalue weighted by Gasteiger charge is -2.04. The van der Waals surface area contributed by atoms with Gasteiger partial charge in [-0.2, -0.15) is 5.10 Å². The Labute approximate surface area is 159 Å². The molecule has 0 saturated carbocycles. The Morgan fingerprint density at radius 3 is 3.00 bits per heavy atom. The second-order valence-corrected chi connectivity index (χ2v) is 6.38. The molecule has 1 aromatic carbocycles. The van der Waals surface area contributed by atoms with E-state index in [0.717, 1.165) is 5.76 Å². The zero-order valence-electron chi connectivity index (χ0n) is 14.7. The first kappa shape index (κ1) is 18.5. The number of rotatable bonds is 8. The van der Waals surface area contributed by atoms with Gasteiger partial charge in [-0.1, -0.05) is 23.9 Å². The number of nitrogens with zero attached hydrogens (tertiary/aromatic N) is 4. The molecule has 0 aliphatic heterocycles. The third-order valence-electron chi connectivity index (χ3n) is 3.51. The normalized spacial score (nSPS) is 11.0. The lowest BCUT2D eigenvalue weighted by atomic mass is 10.1. The number of Topliss-reactive ketones (excluding diaryl/α,β-unsaturated/α-hetero) is 1. The van der Waals surface area contributed by atoms with Crippen LogP contribution < -0.4 is 16.0 Å². The molecule has 9 nitrogen and oxygen atoms in total. The van der Waals surface area contributed by atoms with Gasteiger partial charge in [-0.25, -0.2) is 10.1 Å². The molecule has 27 heavy (non-hydrogen) atoms. The summed E-state index contributed by atoms with van der Waals surface area (Å²) >= 11 is 1.18. The van der Waals surface area contributed by atoms with Gasteiger partial charge in [0.1, 0.15) is 17.3 Å². The Kier molecular flexibility index (Phi) is 5.77. The van der Waals surface area contributed by atoms with Crippen molar-refractivity contribution in [3.05, 3.63) is 53.5 Å². The van der Waals surface area contributed by atoms with E-state index in [1.54, 1.807) is 37.4 Å². The van der Waals surface area contributed by atoms with Crippen molar-refractivity contribution in [3.63, 3.8) is 0 Å². The van der Waals surface area contributed by atoms with Crippen LogP contribution in [0.4, 0.5) is 5.95 Å². The number of nitrogens with two attached hydrogens (primary N) is 1. The summed E-state index contributed by atoms with van der Waals surface area (Å²) in [6, 6.07) is 10.6. The minimum atomic E-state index is -0.0670. The van der Waals surface area contributed by atoms with E-state index in [4.69, 9.17) is 15.0 Å². The van der Waals surface area contributed by atoms with E-state index >= 15 is 0 Å². The fraction of sp³-hybridized carbons (Fsp3) is 0.176. The summed E-state index contributed by atoms with van der Waals surface area (Å²) in [5, 5.41) is 12.3. The predicted octanol–water partition coefficient (Wildman–Crippen LogP) is 2.32. The zero-order valence-corrected chi connectivity index (χ0v) is 15.6. The molecule has 2 heterocycles. The minimum Gasteiger partial charge on any atom is -0.497 e. The number of furan rings is 1. The average Bonchev–Trinajstić information content (AvgIpc) is 3.25. The lowest BCUT2D eigenvalue weighted by Crippen LogP contribution is -2.14. The van der Waals surface area contributed by atoms with Crippen LogP contribution in [-0.4, -0.2) is 39.7 Å². The summed E-state index contributed by atoms with van der Waals surface area (Å²) in [5.41, 5.74) is 3.24. The molecule has 0 aliphatic rings. The summed E-state index contributed by atoms with van der Waals surface area (Å²) in [4.78, 5) is 12.3. The fourth-order valence-corrected chi connectivity index (χ4v) is 2.89. The van der Waals surface area contributed by atoms with Crippen LogP contribution in [0.25, 0.3) is 0 Å². The molecular formula is C17H18N6O3S. The number of methoxy groups -OCH3 is 1. The highest BCUT2D eigenvalue weighted by molar-refractivity contribution is 7.99. The molecule has 0 fully saturated rings. The van der Waals surface area contributed by atoms with Crippen LogP contribution in [0.2, 0.25) is 0 Å². The van der Waals surface area contributed by atoms with Gasteiger partial charge in [-0.05, 0) is 31.2 Å². The molecule has 0 saturated heterocycles. The topological polar surface area (TPSA) is 121 Å². The summed E-state index contributed by atoms with van der Waals surface area (Å²) in [6.07, 6.45) is 1.50. The summed E-state index contributed by atoms with van der Waals surface area (Å²) in [6.45, 7) is 1.84. The van der Waals surface area contributed by atoms with E-state index in [1.807, 2.05) is 13.0 Å².